The highest BCUT2D eigenvalue weighted by molar-refractivity contribution is 5.54. The molecule has 5 nitrogen and oxygen atoms in total. The van der Waals surface area contributed by atoms with Crippen LogP contribution in [-0.4, -0.2) is 21.5 Å². The van der Waals surface area contributed by atoms with Crippen LogP contribution in [0.15, 0.2) is 30.7 Å². The Balaban J connectivity index is 1.97. The Morgan fingerprint density at radius 2 is 2.05 bits per heavy atom. The smallest absolute Gasteiger partial charge is 0.134 e. The zero-order chi connectivity index (χ0) is 13.5. The fourth-order valence-corrected chi connectivity index (χ4v) is 1.93. The number of nitrogens with two attached hydrogens (primary N) is 1. The van der Waals surface area contributed by atoms with Gasteiger partial charge in [0.05, 0.1) is 0 Å². The van der Waals surface area contributed by atoms with Gasteiger partial charge in [-0.05, 0) is 18.6 Å². The van der Waals surface area contributed by atoms with Crippen LogP contribution in [0.5, 0.6) is 0 Å². The van der Waals surface area contributed by atoms with Gasteiger partial charge >= 0.3 is 0 Å². The molecule has 100 valence electrons. The Morgan fingerprint density at radius 1 is 1.16 bits per heavy atom. The van der Waals surface area contributed by atoms with E-state index in [4.69, 9.17) is 5.73 Å². The molecule has 0 spiro atoms. The first-order valence-electron chi connectivity index (χ1n) is 6.54. The van der Waals surface area contributed by atoms with Crippen molar-refractivity contribution in [3.05, 3.63) is 42.0 Å². The van der Waals surface area contributed by atoms with Crippen molar-refractivity contribution in [3.63, 3.8) is 0 Å². The van der Waals surface area contributed by atoms with E-state index in [1.807, 2.05) is 18.2 Å². The lowest BCUT2D eigenvalue weighted by atomic mass is 10.1. The van der Waals surface area contributed by atoms with Crippen LogP contribution in [0.4, 0.5) is 11.6 Å². The number of nitrogens with one attached hydrogen (secondary N) is 1. The number of nitrogens with zero attached hydrogens (tertiary/aromatic N) is 3. The van der Waals surface area contributed by atoms with Crippen molar-refractivity contribution < 1.29 is 0 Å². The topological polar surface area (TPSA) is 76.7 Å². The number of pyridine rings is 1. The largest absolute Gasteiger partial charge is 0.383 e. The molecule has 0 saturated carbocycles. The van der Waals surface area contributed by atoms with E-state index in [2.05, 4.69) is 27.2 Å². The van der Waals surface area contributed by atoms with Gasteiger partial charge in [-0.25, -0.2) is 9.97 Å². The summed E-state index contributed by atoms with van der Waals surface area (Å²) in [5.74, 6) is 1.41. The molecule has 0 aromatic carbocycles. The van der Waals surface area contributed by atoms with Gasteiger partial charge in [-0.1, -0.05) is 19.4 Å². The molecule has 2 heterocycles. The molecule has 0 aliphatic heterocycles. The average molecular weight is 257 g/mol. The molecule has 3 N–H and O–H groups in total. The summed E-state index contributed by atoms with van der Waals surface area (Å²) >= 11 is 0. The van der Waals surface area contributed by atoms with Crippen LogP contribution in [-0.2, 0) is 12.8 Å². The summed E-state index contributed by atoms with van der Waals surface area (Å²) in [6.45, 7) is 2.90. The van der Waals surface area contributed by atoms with Gasteiger partial charge in [0.15, 0.2) is 0 Å². The van der Waals surface area contributed by atoms with Gasteiger partial charge in [0.1, 0.15) is 18.0 Å². The van der Waals surface area contributed by atoms with Crippen LogP contribution < -0.4 is 11.1 Å². The van der Waals surface area contributed by atoms with Gasteiger partial charge in [-0.15, -0.1) is 0 Å². The highest BCUT2D eigenvalue weighted by atomic mass is 15.0. The quantitative estimate of drug-likeness (QED) is 0.828. The van der Waals surface area contributed by atoms with Gasteiger partial charge in [0.2, 0.25) is 0 Å². The summed E-state index contributed by atoms with van der Waals surface area (Å²) in [6.07, 6.45) is 6.07. The zero-order valence-electron chi connectivity index (χ0n) is 11.1. The lowest BCUT2D eigenvalue weighted by Gasteiger charge is -2.11. The van der Waals surface area contributed by atoms with Gasteiger partial charge in [0.25, 0.3) is 0 Å². The van der Waals surface area contributed by atoms with E-state index in [0.29, 0.717) is 5.82 Å². The van der Waals surface area contributed by atoms with Crippen molar-refractivity contribution >= 4 is 11.6 Å². The van der Waals surface area contributed by atoms with E-state index in [1.165, 1.54) is 6.33 Å². The summed E-state index contributed by atoms with van der Waals surface area (Å²) in [4.78, 5) is 12.6. The van der Waals surface area contributed by atoms with E-state index in [-0.39, 0.29) is 0 Å². The molecule has 0 atom stereocenters. The van der Waals surface area contributed by atoms with Crippen LogP contribution in [0.1, 0.15) is 24.6 Å². The predicted octanol–water partition coefficient (Wildman–Crippen LogP) is 2.06. The molecule has 0 radical (unpaired) electrons. The first-order valence-corrected chi connectivity index (χ1v) is 6.54. The highest BCUT2D eigenvalue weighted by Crippen LogP contribution is 2.18. The maximum absolute atomic E-state index is 5.89. The van der Waals surface area contributed by atoms with E-state index in [9.17, 15) is 0 Å². The van der Waals surface area contributed by atoms with E-state index in [0.717, 1.165) is 42.9 Å². The second kappa shape index (κ2) is 6.68. The molecule has 0 unspecified atom stereocenters. The summed E-state index contributed by atoms with van der Waals surface area (Å²) in [6, 6.07) is 5.93. The summed E-state index contributed by atoms with van der Waals surface area (Å²) in [7, 11) is 0. The van der Waals surface area contributed by atoms with Crippen LogP contribution in [0.2, 0.25) is 0 Å². The van der Waals surface area contributed by atoms with Crippen molar-refractivity contribution in [2.75, 3.05) is 17.6 Å². The molecule has 19 heavy (non-hydrogen) atoms. The Hall–Kier alpha value is -2.17. The summed E-state index contributed by atoms with van der Waals surface area (Å²) < 4.78 is 0. The Morgan fingerprint density at radius 3 is 2.79 bits per heavy atom. The average Bonchev–Trinajstić information content (AvgIpc) is 2.44. The lowest BCUT2D eigenvalue weighted by molar-refractivity contribution is 0.893. The molecular weight excluding hydrogens is 238 g/mol. The molecule has 0 aliphatic rings. The molecule has 5 heteroatoms. The number of rotatable bonds is 6. The normalized spacial score (nSPS) is 10.4. The molecule has 2 aromatic heterocycles. The zero-order valence-corrected chi connectivity index (χ0v) is 11.1. The van der Waals surface area contributed by atoms with Gasteiger partial charge in [-0.3, -0.25) is 4.98 Å². The van der Waals surface area contributed by atoms with Gasteiger partial charge in [0, 0.05) is 30.4 Å². The molecule has 0 amide bonds. The van der Waals surface area contributed by atoms with Crippen molar-refractivity contribution in [3.8, 4) is 0 Å². The lowest BCUT2D eigenvalue weighted by Crippen LogP contribution is -2.11. The molecule has 0 bridgehead atoms. The summed E-state index contributed by atoms with van der Waals surface area (Å²) in [5.41, 5.74) is 7.96. The third-order valence-electron chi connectivity index (χ3n) is 2.88. The van der Waals surface area contributed by atoms with Crippen LogP contribution in [0, 0.1) is 0 Å². The number of aromatic nitrogens is 3. The van der Waals surface area contributed by atoms with E-state index >= 15 is 0 Å². The molecule has 2 rings (SSSR count). The Labute approximate surface area is 113 Å². The van der Waals surface area contributed by atoms with Crippen molar-refractivity contribution in [1.82, 2.24) is 15.0 Å². The maximum Gasteiger partial charge on any atom is 0.134 e. The molecule has 0 saturated heterocycles. The highest BCUT2D eigenvalue weighted by Gasteiger charge is 2.07. The second-order valence-corrected chi connectivity index (χ2v) is 4.33. The van der Waals surface area contributed by atoms with Crippen molar-refractivity contribution in [2.24, 2.45) is 0 Å². The Kier molecular flexibility index (Phi) is 4.66. The monoisotopic (exact) mass is 257 g/mol. The first kappa shape index (κ1) is 13.3. The number of nitrogen functional groups attached to an aromatic ring is 1. The fourth-order valence-electron chi connectivity index (χ4n) is 1.93. The standard InChI is InChI=1S/C14H19N5/c1-2-5-12-13(15)18-10-19-14(12)17-9-7-11-6-3-4-8-16-11/h3-4,6,8,10H,2,5,7,9H2,1H3,(H3,15,17,18,19). The minimum absolute atomic E-state index is 0.567. The van der Waals surface area contributed by atoms with Crippen LogP contribution >= 0.6 is 0 Å². The number of hydrogen-bond acceptors (Lipinski definition) is 5. The third-order valence-corrected chi connectivity index (χ3v) is 2.88. The molecule has 0 aliphatic carbocycles. The second-order valence-electron chi connectivity index (χ2n) is 4.33. The number of anilines is 2. The van der Waals surface area contributed by atoms with Crippen LogP contribution in [0.3, 0.4) is 0 Å². The van der Waals surface area contributed by atoms with Gasteiger partial charge < -0.3 is 11.1 Å². The van der Waals surface area contributed by atoms with E-state index in [1.54, 1.807) is 6.20 Å². The molecule has 0 fully saturated rings. The van der Waals surface area contributed by atoms with Gasteiger partial charge in [-0.2, -0.15) is 0 Å². The SMILES string of the molecule is CCCc1c(N)ncnc1NCCc1ccccn1. The minimum atomic E-state index is 0.567. The van der Waals surface area contributed by atoms with Crippen molar-refractivity contribution in [1.29, 1.82) is 0 Å². The third kappa shape index (κ3) is 3.64. The maximum atomic E-state index is 5.89. The summed E-state index contributed by atoms with van der Waals surface area (Å²) in [5, 5.41) is 3.32. The first-order chi connectivity index (χ1) is 9.31. The fraction of sp³-hybridized carbons (Fsp3) is 0.357. The molecular formula is C14H19N5. The predicted molar refractivity (Wildman–Crippen MR) is 76.9 cm³/mol. The van der Waals surface area contributed by atoms with E-state index < -0.39 is 0 Å². The Bertz CT molecular complexity index is 512. The minimum Gasteiger partial charge on any atom is -0.383 e. The number of hydrogen-bond donors (Lipinski definition) is 2. The van der Waals surface area contributed by atoms with Crippen LogP contribution in [0.25, 0.3) is 0 Å². The molecule has 2 aromatic rings. The van der Waals surface area contributed by atoms with Crippen molar-refractivity contribution in [2.45, 2.75) is 26.2 Å².